The van der Waals surface area contributed by atoms with Gasteiger partial charge in [0.15, 0.2) is 12.2 Å². The number of phosphoric ester groups is 2. The fraction of sp³-hybridized carbons (Fsp3) is 0.949. The number of rotatable bonds is 76. The highest BCUT2D eigenvalue weighted by molar-refractivity contribution is 7.47. The maximum absolute atomic E-state index is 13.1. The topological polar surface area (TPSA) is 237 Å². The third-order valence-corrected chi connectivity index (χ3v) is 20.9. The molecule has 0 spiro atoms. The first-order chi connectivity index (χ1) is 47.2. The van der Waals surface area contributed by atoms with Gasteiger partial charge in [0.2, 0.25) is 0 Å². The highest BCUT2D eigenvalue weighted by Crippen LogP contribution is 2.45. The normalized spacial score (nSPS) is 14.6. The van der Waals surface area contributed by atoms with E-state index in [-0.39, 0.29) is 25.7 Å². The first-order valence-electron chi connectivity index (χ1n) is 40.8. The minimum atomic E-state index is -4.96. The quantitative estimate of drug-likeness (QED) is 0.0222. The number of carbonyl (C=O) groups excluding carboxylic acids is 4. The lowest BCUT2D eigenvalue weighted by atomic mass is 9.99. The summed E-state index contributed by atoms with van der Waals surface area (Å²) >= 11 is 0. The van der Waals surface area contributed by atoms with Gasteiger partial charge < -0.3 is 33.8 Å². The molecule has 0 aromatic rings. The Morgan fingerprint density at radius 3 is 0.724 bits per heavy atom. The van der Waals surface area contributed by atoms with Crippen molar-refractivity contribution in [2.24, 2.45) is 23.7 Å². The van der Waals surface area contributed by atoms with E-state index in [1.54, 1.807) is 0 Å². The molecule has 4 unspecified atom stereocenters. The Balaban J connectivity index is 5.19. The lowest BCUT2D eigenvalue weighted by Gasteiger charge is -2.21. The van der Waals surface area contributed by atoms with Gasteiger partial charge in [0.1, 0.15) is 19.3 Å². The molecule has 98 heavy (non-hydrogen) atoms. The van der Waals surface area contributed by atoms with Crippen molar-refractivity contribution in [1.82, 2.24) is 0 Å². The monoisotopic (exact) mass is 1440 g/mol. The summed E-state index contributed by atoms with van der Waals surface area (Å²) in [6.07, 6.45) is 54.3. The summed E-state index contributed by atoms with van der Waals surface area (Å²) in [5.41, 5.74) is 0. The number of phosphoric acid groups is 2. The van der Waals surface area contributed by atoms with Gasteiger partial charge in [0.25, 0.3) is 0 Å². The van der Waals surface area contributed by atoms with Gasteiger partial charge >= 0.3 is 39.5 Å². The Hall–Kier alpha value is -1.94. The highest BCUT2D eigenvalue weighted by atomic mass is 31.2. The van der Waals surface area contributed by atoms with Crippen molar-refractivity contribution in [2.45, 2.75) is 420 Å². The fourth-order valence-electron chi connectivity index (χ4n) is 12.0. The Bertz CT molecular complexity index is 1920. The van der Waals surface area contributed by atoms with E-state index in [0.29, 0.717) is 31.6 Å². The first-order valence-corrected chi connectivity index (χ1v) is 43.8. The van der Waals surface area contributed by atoms with E-state index in [0.717, 1.165) is 114 Å². The SMILES string of the molecule is CCC(C)CCCCCCCCCCCCCCCCCCCCC(=O)O[C@H](COC(=O)CCCCCCCCCCC(C)CC)COP(=O)(O)OC[C@@H](O)COP(=O)(O)OC[C@@H](COC(=O)CCCCCCCCC(C)C)OC(=O)CCCCCCCCCCCCCCC(C)C. The molecule has 0 fully saturated rings. The van der Waals surface area contributed by atoms with Crippen LogP contribution in [0.5, 0.6) is 0 Å². The van der Waals surface area contributed by atoms with Gasteiger partial charge in [-0.3, -0.25) is 37.3 Å². The van der Waals surface area contributed by atoms with Crippen molar-refractivity contribution >= 4 is 39.5 Å². The van der Waals surface area contributed by atoms with E-state index < -0.39 is 97.5 Å². The second-order valence-electron chi connectivity index (χ2n) is 29.9. The van der Waals surface area contributed by atoms with Crippen LogP contribution in [0, 0.1) is 23.7 Å². The molecule has 0 heterocycles. The lowest BCUT2D eigenvalue weighted by Crippen LogP contribution is -2.30. The van der Waals surface area contributed by atoms with Gasteiger partial charge in [-0.2, -0.15) is 0 Å². The molecule has 0 bridgehead atoms. The number of ether oxygens (including phenoxy) is 4. The summed E-state index contributed by atoms with van der Waals surface area (Å²) in [5.74, 6) is 0.984. The number of unbranched alkanes of at least 4 members (excludes halogenated alkanes) is 40. The van der Waals surface area contributed by atoms with Crippen molar-refractivity contribution in [2.75, 3.05) is 39.6 Å². The number of aliphatic hydroxyl groups is 1. The molecule has 0 saturated carbocycles. The molecule has 0 aliphatic rings. The van der Waals surface area contributed by atoms with Crippen LogP contribution in [0.15, 0.2) is 0 Å². The van der Waals surface area contributed by atoms with Crippen LogP contribution < -0.4 is 0 Å². The molecule has 0 aromatic carbocycles. The smallest absolute Gasteiger partial charge is 0.462 e. The molecule has 0 aliphatic heterocycles. The molecule has 0 aliphatic carbocycles. The summed E-state index contributed by atoms with van der Waals surface area (Å²) in [5, 5.41) is 10.6. The van der Waals surface area contributed by atoms with Crippen molar-refractivity contribution in [3.05, 3.63) is 0 Å². The zero-order chi connectivity index (χ0) is 72.4. The average Bonchev–Trinajstić information content (AvgIpc) is 1.01. The van der Waals surface area contributed by atoms with E-state index >= 15 is 0 Å². The molecule has 17 nitrogen and oxygen atoms in total. The third kappa shape index (κ3) is 69.8. The van der Waals surface area contributed by atoms with Crippen LogP contribution in [-0.2, 0) is 65.4 Å². The zero-order valence-corrected chi connectivity index (χ0v) is 66.2. The average molecular weight is 1440 g/mol. The van der Waals surface area contributed by atoms with Crippen molar-refractivity contribution in [3.8, 4) is 0 Å². The van der Waals surface area contributed by atoms with Crippen LogP contribution in [0.3, 0.4) is 0 Å². The van der Waals surface area contributed by atoms with E-state index in [2.05, 4.69) is 55.4 Å². The van der Waals surface area contributed by atoms with Crippen LogP contribution in [0.1, 0.15) is 402 Å². The molecule has 0 amide bonds. The molecule has 19 heteroatoms. The molecule has 3 N–H and O–H groups in total. The number of aliphatic hydroxyl groups excluding tert-OH is 1. The number of hydrogen-bond acceptors (Lipinski definition) is 15. The highest BCUT2D eigenvalue weighted by Gasteiger charge is 2.30. The van der Waals surface area contributed by atoms with Gasteiger partial charge in [-0.25, -0.2) is 9.13 Å². The van der Waals surface area contributed by atoms with Gasteiger partial charge in [-0.05, 0) is 49.4 Å². The minimum absolute atomic E-state index is 0.105. The van der Waals surface area contributed by atoms with Crippen LogP contribution in [-0.4, -0.2) is 96.7 Å². The molecule has 0 aromatic heterocycles. The molecule has 0 saturated heterocycles. The van der Waals surface area contributed by atoms with Gasteiger partial charge in [-0.1, -0.05) is 351 Å². The molecular weight excluding hydrogens is 1280 g/mol. The van der Waals surface area contributed by atoms with Gasteiger partial charge in [0, 0.05) is 25.7 Å². The number of esters is 4. The van der Waals surface area contributed by atoms with Crippen LogP contribution in [0.2, 0.25) is 0 Å². The Morgan fingerprint density at radius 2 is 0.490 bits per heavy atom. The predicted octanol–water partition coefficient (Wildman–Crippen LogP) is 23.2. The third-order valence-electron chi connectivity index (χ3n) is 19.0. The number of carbonyl (C=O) groups is 4. The zero-order valence-electron chi connectivity index (χ0n) is 64.4. The Labute approximate surface area is 600 Å². The van der Waals surface area contributed by atoms with Crippen molar-refractivity contribution < 1.29 is 80.2 Å². The van der Waals surface area contributed by atoms with Gasteiger partial charge in [-0.15, -0.1) is 0 Å². The predicted molar refractivity (Wildman–Crippen MR) is 400 cm³/mol. The summed E-state index contributed by atoms with van der Waals surface area (Å²) in [7, 11) is -9.92. The van der Waals surface area contributed by atoms with Gasteiger partial charge in [0.05, 0.1) is 26.4 Å². The second kappa shape index (κ2) is 68.2. The summed E-state index contributed by atoms with van der Waals surface area (Å²) < 4.78 is 68.6. The summed E-state index contributed by atoms with van der Waals surface area (Å²) in [6.45, 7) is 14.2. The lowest BCUT2D eigenvalue weighted by molar-refractivity contribution is -0.161. The standard InChI is InChI=1S/C79H154O17P2/c1-9-71(7)57-49-41-32-26-22-17-15-13-11-12-14-16-18-23-27-35-45-53-61-78(83)95-74(65-89-76(81)59-51-43-34-30-29-33-42-50-58-72(8)10-2)67-93-97(85,86)91-63-73(80)64-92-98(87,88)94-68-75(66-90-77(82)60-52-44-38-37-40-48-56-70(5)6)96-79(84)62-54-46-36-28-24-20-19-21-25-31-39-47-55-69(3)4/h69-75,80H,9-68H2,1-8H3,(H,85,86)(H,87,88)/t71?,72?,73-,74-,75-/m1/s1. The van der Waals surface area contributed by atoms with Crippen molar-refractivity contribution in [3.63, 3.8) is 0 Å². The summed E-state index contributed by atoms with van der Waals surface area (Å²) in [6, 6.07) is 0. The van der Waals surface area contributed by atoms with E-state index in [1.807, 2.05) is 0 Å². The van der Waals surface area contributed by atoms with Crippen molar-refractivity contribution in [1.29, 1.82) is 0 Å². The second-order valence-corrected chi connectivity index (χ2v) is 32.8. The Kier molecular flexibility index (Phi) is 66.8. The molecule has 0 rings (SSSR count). The van der Waals surface area contributed by atoms with Crippen LogP contribution in [0.25, 0.3) is 0 Å². The summed E-state index contributed by atoms with van der Waals surface area (Å²) in [4.78, 5) is 72.9. The first kappa shape index (κ1) is 96.1. The molecule has 582 valence electrons. The van der Waals surface area contributed by atoms with Crippen LogP contribution >= 0.6 is 15.6 Å². The maximum Gasteiger partial charge on any atom is 0.472 e. The molecular formula is C79H154O17P2. The van der Waals surface area contributed by atoms with E-state index in [4.69, 9.17) is 37.0 Å². The molecule has 0 radical (unpaired) electrons. The van der Waals surface area contributed by atoms with Crippen LogP contribution in [0.4, 0.5) is 0 Å². The number of hydrogen-bond donors (Lipinski definition) is 3. The maximum atomic E-state index is 13.1. The Morgan fingerprint density at radius 1 is 0.286 bits per heavy atom. The van der Waals surface area contributed by atoms with E-state index in [1.165, 1.54) is 199 Å². The largest absolute Gasteiger partial charge is 0.472 e. The minimum Gasteiger partial charge on any atom is -0.462 e. The fourth-order valence-corrected chi connectivity index (χ4v) is 13.6. The van der Waals surface area contributed by atoms with E-state index in [9.17, 15) is 43.2 Å². The molecule has 7 atom stereocenters.